The van der Waals surface area contributed by atoms with E-state index in [1.54, 1.807) is 18.2 Å². The molecule has 1 aromatic carbocycles. The molecular formula is C56H103NO7S. The molecule has 380 valence electrons. The maximum absolute atomic E-state index is 13.1. The van der Waals surface area contributed by atoms with E-state index in [9.17, 15) is 22.6 Å². The van der Waals surface area contributed by atoms with Crippen LogP contribution in [-0.2, 0) is 19.7 Å². The second-order valence-electron chi connectivity index (χ2n) is 19.9. The zero-order chi connectivity index (χ0) is 47.5. The van der Waals surface area contributed by atoms with Crippen molar-refractivity contribution in [3.63, 3.8) is 0 Å². The fraction of sp³-hybridized carbons (Fsp3) is 0.857. The molecule has 0 bridgehead atoms. The second-order valence-corrected chi connectivity index (χ2v) is 21.4. The first-order valence-corrected chi connectivity index (χ1v) is 29.4. The summed E-state index contributed by atoms with van der Waals surface area (Å²) in [6.45, 7) is 8.77. The van der Waals surface area contributed by atoms with E-state index >= 15 is 0 Å². The molecule has 9 heteroatoms. The van der Waals surface area contributed by atoms with Gasteiger partial charge in [-0.2, -0.15) is 8.42 Å². The predicted octanol–water partition coefficient (Wildman–Crippen LogP) is 17.1. The van der Waals surface area contributed by atoms with E-state index in [1.807, 2.05) is 13.8 Å². The number of nitrogens with one attached hydrogen (secondary N) is 1. The van der Waals surface area contributed by atoms with Crippen molar-refractivity contribution in [2.75, 3.05) is 12.3 Å². The number of ether oxygens (including phenoxy) is 2. The molecule has 0 fully saturated rings. The topological polar surface area (TPSA) is 119 Å². The Bertz CT molecular complexity index is 1370. The summed E-state index contributed by atoms with van der Waals surface area (Å²) < 4.78 is 45.2. The van der Waals surface area contributed by atoms with Crippen LogP contribution in [0.1, 0.15) is 296 Å². The van der Waals surface area contributed by atoms with Gasteiger partial charge >= 0.3 is 11.9 Å². The zero-order valence-corrected chi connectivity index (χ0v) is 43.7. The van der Waals surface area contributed by atoms with Gasteiger partial charge in [-0.1, -0.05) is 265 Å². The second kappa shape index (κ2) is 43.3. The lowest BCUT2D eigenvalue weighted by molar-refractivity contribution is -0.137. The molecule has 0 radical (unpaired) electrons. The summed E-state index contributed by atoms with van der Waals surface area (Å²) in [5, 5.41) is 3.25. The first-order valence-electron chi connectivity index (χ1n) is 27.8. The molecular weight excluding hydrogens is 831 g/mol. The van der Waals surface area contributed by atoms with Gasteiger partial charge in [-0.15, -0.1) is 0 Å². The maximum atomic E-state index is 13.1. The van der Waals surface area contributed by atoms with E-state index in [1.165, 1.54) is 205 Å². The number of carbonyl (C=O) groups is 2. The van der Waals surface area contributed by atoms with Gasteiger partial charge in [0.05, 0.1) is 5.75 Å². The fourth-order valence-electron chi connectivity index (χ4n) is 8.89. The van der Waals surface area contributed by atoms with Gasteiger partial charge in [0.25, 0.3) is 10.1 Å². The molecule has 1 unspecified atom stereocenters. The predicted molar refractivity (Wildman–Crippen MR) is 276 cm³/mol. The number of esters is 2. The van der Waals surface area contributed by atoms with E-state index < -0.39 is 27.8 Å². The van der Waals surface area contributed by atoms with Crippen molar-refractivity contribution in [2.24, 2.45) is 0 Å². The van der Waals surface area contributed by atoms with Crippen molar-refractivity contribution in [1.29, 1.82) is 0 Å². The number of rotatable bonds is 48. The summed E-state index contributed by atoms with van der Waals surface area (Å²) in [4.78, 5) is 26.1. The Labute approximate surface area is 401 Å². The van der Waals surface area contributed by atoms with Gasteiger partial charge in [0.15, 0.2) is 11.5 Å². The minimum atomic E-state index is -4.29. The van der Waals surface area contributed by atoms with Crippen LogP contribution in [0.25, 0.3) is 0 Å². The smallest absolute Gasteiger partial charge is 0.311 e. The van der Waals surface area contributed by atoms with E-state index in [0.717, 1.165) is 38.5 Å². The minimum absolute atomic E-state index is 0.0969. The first kappa shape index (κ1) is 61.0. The zero-order valence-electron chi connectivity index (χ0n) is 42.9. The average Bonchev–Trinajstić information content (AvgIpc) is 3.26. The van der Waals surface area contributed by atoms with Gasteiger partial charge < -0.3 is 14.8 Å². The van der Waals surface area contributed by atoms with Crippen LogP contribution >= 0.6 is 0 Å². The molecule has 8 nitrogen and oxygen atoms in total. The minimum Gasteiger partial charge on any atom is -0.423 e. The van der Waals surface area contributed by atoms with Crippen LogP contribution in [0.2, 0.25) is 0 Å². The van der Waals surface area contributed by atoms with Gasteiger partial charge in [-0.3, -0.25) is 14.1 Å². The Hall–Kier alpha value is -1.97. The van der Waals surface area contributed by atoms with Crippen LogP contribution in [0.5, 0.6) is 11.5 Å². The van der Waals surface area contributed by atoms with E-state index in [0.29, 0.717) is 12.1 Å². The quantitative estimate of drug-likeness (QED) is 0.0287. The van der Waals surface area contributed by atoms with Crippen molar-refractivity contribution in [3.8, 4) is 11.5 Å². The summed E-state index contributed by atoms with van der Waals surface area (Å²) >= 11 is 0. The highest BCUT2D eigenvalue weighted by molar-refractivity contribution is 7.85. The molecule has 0 aliphatic carbocycles. The van der Waals surface area contributed by atoms with Gasteiger partial charge in [-0.05, 0) is 30.5 Å². The Morgan fingerprint density at radius 3 is 1.06 bits per heavy atom. The van der Waals surface area contributed by atoms with E-state index in [-0.39, 0.29) is 36.4 Å². The Balaban J connectivity index is 2.41. The third-order valence-corrected chi connectivity index (χ3v) is 13.9. The highest BCUT2D eigenvalue weighted by atomic mass is 32.2. The monoisotopic (exact) mass is 934 g/mol. The average molecular weight is 935 g/mol. The first-order chi connectivity index (χ1) is 31.6. The Morgan fingerprint density at radius 2 is 0.769 bits per heavy atom. The SMILES string of the molecule is CCCCCCCCCCCCCCCCCCCCCC(=O)Oc1ccc(C(CNC(C)C)CS(=O)(=O)O)cc1OC(=O)CCCCCCCCCCCCCCCCCCCCC. The van der Waals surface area contributed by atoms with Crippen LogP contribution in [0.15, 0.2) is 18.2 Å². The number of hydrogen-bond acceptors (Lipinski definition) is 7. The van der Waals surface area contributed by atoms with Crippen LogP contribution in [0.4, 0.5) is 0 Å². The van der Waals surface area contributed by atoms with E-state index in [2.05, 4.69) is 19.2 Å². The van der Waals surface area contributed by atoms with Crippen LogP contribution < -0.4 is 14.8 Å². The largest absolute Gasteiger partial charge is 0.423 e. The molecule has 2 N–H and O–H groups in total. The van der Waals surface area contributed by atoms with Crippen molar-refractivity contribution >= 4 is 22.1 Å². The Morgan fingerprint density at radius 1 is 0.477 bits per heavy atom. The number of hydrogen-bond donors (Lipinski definition) is 2. The highest BCUT2D eigenvalue weighted by Gasteiger charge is 2.23. The summed E-state index contributed by atoms with van der Waals surface area (Å²) in [6, 6.07) is 4.95. The number of carbonyl (C=O) groups excluding carboxylic acids is 2. The standard InChI is InChI=1S/C56H103NO7S/c1-5-7-9-11-13-15-17-19-21-23-25-27-29-31-33-35-37-39-41-43-55(58)63-53-46-45-51(52(48-57-50(3)4)49-65(60,61)62)47-54(53)64-56(59)44-42-40-38-36-34-32-30-28-26-24-22-20-18-16-14-12-10-8-6-2/h45-47,50,52,57H,5-44,48-49H2,1-4H3,(H,60,61,62). The molecule has 0 aromatic heterocycles. The van der Waals surface area contributed by atoms with Crippen LogP contribution in [0, 0.1) is 0 Å². The number of unbranched alkanes of at least 4 members (excludes halogenated alkanes) is 36. The molecule has 1 aromatic rings. The van der Waals surface area contributed by atoms with Gasteiger partial charge in [0.2, 0.25) is 0 Å². The normalized spacial score (nSPS) is 12.3. The summed E-state index contributed by atoms with van der Waals surface area (Å²) in [7, 11) is -4.29. The maximum Gasteiger partial charge on any atom is 0.311 e. The summed E-state index contributed by atoms with van der Waals surface area (Å²) in [6.07, 6.45) is 49.4. The molecule has 0 saturated carbocycles. The third-order valence-electron chi connectivity index (χ3n) is 13.0. The molecule has 0 spiro atoms. The van der Waals surface area contributed by atoms with E-state index in [4.69, 9.17) is 9.47 Å². The molecule has 0 aliphatic heterocycles. The van der Waals surface area contributed by atoms with Crippen LogP contribution in [0.3, 0.4) is 0 Å². The van der Waals surface area contributed by atoms with Crippen molar-refractivity contribution in [2.45, 2.75) is 296 Å². The highest BCUT2D eigenvalue weighted by Crippen LogP contribution is 2.33. The molecule has 0 amide bonds. The molecule has 0 aliphatic rings. The molecule has 0 saturated heterocycles. The number of benzene rings is 1. The Kier molecular flexibility index (Phi) is 40.7. The van der Waals surface area contributed by atoms with Crippen molar-refractivity contribution in [3.05, 3.63) is 23.8 Å². The third kappa shape index (κ3) is 39.7. The molecule has 65 heavy (non-hydrogen) atoms. The lowest BCUT2D eigenvalue weighted by Crippen LogP contribution is -2.31. The molecule has 1 atom stereocenters. The molecule has 0 heterocycles. The van der Waals surface area contributed by atoms with Gasteiger partial charge in [0.1, 0.15) is 0 Å². The summed E-state index contributed by atoms with van der Waals surface area (Å²) in [5.74, 6) is -1.61. The van der Waals surface area contributed by atoms with Gasteiger partial charge in [-0.25, -0.2) is 0 Å². The summed E-state index contributed by atoms with van der Waals surface area (Å²) in [5.41, 5.74) is 0.570. The molecule has 1 rings (SSSR count). The van der Waals surface area contributed by atoms with Crippen molar-refractivity contribution in [1.82, 2.24) is 5.32 Å². The lowest BCUT2D eigenvalue weighted by Gasteiger charge is -2.20. The lowest BCUT2D eigenvalue weighted by atomic mass is 10.00. The van der Waals surface area contributed by atoms with Crippen LogP contribution in [-0.4, -0.2) is 43.2 Å². The van der Waals surface area contributed by atoms with Gasteiger partial charge in [0, 0.05) is 31.3 Å². The van der Waals surface area contributed by atoms with Crippen molar-refractivity contribution < 1.29 is 32.0 Å². The fourth-order valence-corrected chi connectivity index (χ4v) is 9.71.